The van der Waals surface area contributed by atoms with Crippen molar-refractivity contribution in [2.45, 2.75) is 151 Å². The number of aromatic hydroxyl groups is 1. The van der Waals surface area contributed by atoms with Crippen LogP contribution in [0.1, 0.15) is 88.2 Å². The van der Waals surface area contributed by atoms with Crippen molar-refractivity contribution in [2.24, 2.45) is 5.92 Å². The molecule has 14 N–H and O–H groups in total. The third-order valence-corrected chi connectivity index (χ3v) is 15.3. The SMILES string of the molecule is CCCCCCOc1ccc(-c2ccc(-c3ccc(C(=O)N[C@H]4C[C@@H](O)[C@@H](O)NC(=O)C5[C@@H](O)[C@@H](C)CN5C(=O)C([C@@H](C)O)NC(=O)C([C@H](O)[C@@H](O)c5ccc(O)cc5)NC(=O)[C@@H]5C[C@@H](O)CN5C(=O)C([C@@H](C)O)NC4=O)cc3)cc2)cc1. The molecule has 4 unspecified atom stereocenters. The summed E-state index contributed by atoms with van der Waals surface area (Å²) in [6.07, 6.45) is -12.4. The Bertz CT molecular complexity index is 2890. The van der Waals surface area contributed by atoms with Gasteiger partial charge in [-0.25, -0.2) is 0 Å². The summed E-state index contributed by atoms with van der Waals surface area (Å²) in [6, 6.07) is 14.8. The first-order valence-corrected chi connectivity index (χ1v) is 27.8. The number of unbranched alkanes of at least 4 members (excludes halogenated alkanes) is 3. The molecule has 4 aromatic rings. The molecule has 83 heavy (non-hydrogen) atoms. The van der Waals surface area contributed by atoms with E-state index in [1.807, 2.05) is 48.5 Å². The van der Waals surface area contributed by atoms with Gasteiger partial charge in [0.05, 0.1) is 31.0 Å². The van der Waals surface area contributed by atoms with E-state index in [-0.39, 0.29) is 23.4 Å². The Kier molecular flexibility index (Phi) is 21.4. The van der Waals surface area contributed by atoms with Gasteiger partial charge in [-0.3, -0.25) is 33.6 Å². The second-order valence-electron chi connectivity index (χ2n) is 21.6. The molecule has 0 radical (unpaired) electrons. The topological polar surface area (TPSA) is 377 Å². The normalized spacial score (nSPS) is 27.3. The fourth-order valence-electron chi connectivity index (χ4n) is 10.4. The van der Waals surface area contributed by atoms with Crippen molar-refractivity contribution in [3.05, 3.63) is 108 Å². The van der Waals surface area contributed by atoms with Crippen molar-refractivity contribution in [3.63, 3.8) is 0 Å². The lowest BCUT2D eigenvalue weighted by Gasteiger charge is -2.34. The lowest BCUT2D eigenvalue weighted by atomic mass is 9.96. The van der Waals surface area contributed by atoms with Crippen LogP contribution in [0, 0.1) is 5.92 Å². The van der Waals surface area contributed by atoms with Gasteiger partial charge >= 0.3 is 0 Å². The molecule has 15 atom stereocenters. The molecule has 0 aromatic heterocycles. The van der Waals surface area contributed by atoms with Crippen LogP contribution in [0.15, 0.2) is 97.1 Å². The molecule has 3 aliphatic heterocycles. The zero-order valence-corrected chi connectivity index (χ0v) is 46.4. The zero-order chi connectivity index (χ0) is 60.4. The van der Waals surface area contributed by atoms with Crippen LogP contribution in [0.25, 0.3) is 22.3 Å². The molecule has 0 spiro atoms. The summed E-state index contributed by atoms with van der Waals surface area (Å²) in [6.45, 7) is 5.50. The Hall–Kier alpha value is -7.55. The monoisotopic (exact) mass is 1150 g/mol. The number of nitrogens with zero attached hydrogens (tertiary/aromatic N) is 2. The van der Waals surface area contributed by atoms with Gasteiger partial charge in [-0.15, -0.1) is 0 Å². The van der Waals surface area contributed by atoms with Crippen molar-refractivity contribution < 1.29 is 84.3 Å². The highest BCUT2D eigenvalue weighted by molar-refractivity contribution is 6.00. The summed E-state index contributed by atoms with van der Waals surface area (Å²) in [4.78, 5) is 102. The molecule has 3 heterocycles. The summed E-state index contributed by atoms with van der Waals surface area (Å²) < 4.78 is 5.88. The fraction of sp³-hybridized carbons (Fsp3) is 0.475. The van der Waals surface area contributed by atoms with Crippen LogP contribution in [0.3, 0.4) is 0 Å². The minimum Gasteiger partial charge on any atom is -0.508 e. The molecule has 3 aliphatic rings. The van der Waals surface area contributed by atoms with E-state index < -0.39 is 152 Å². The Morgan fingerprint density at radius 2 is 1.16 bits per heavy atom. The predicted octanol–water partition coefficient (Wildman–Crippen LogP) is -0.537. The Morgan fingerprint density at radius 3 is 1.72 bits per heavy atom. The van der Waals surface area contributed by atoms with Gasteiger partial charge in [0.15, 0.2) is 6.23 Å². The summed E-state index contributed by atoms with van der Waals surface area (Å²) in [5, 5.41) is 111. The maximum Gasteiger partial charge on any atom is 0.251 e. The number of phenols is 1. The van der Waals surface area contributed by atoms with E-state index >= 15 is 0 Å². The van der Waals surface area contributed by atoms with Crippen LogP contribution in [0.4, 0.5) is 0 Å². The molecule has 7 rings (SSSR count). The van der Waals surface area contributed by atoms with E-state index in [2.05, 4.69) is 33.5 Å². The first kappa shape index (κ1) is 63.0. The molecule has 4 aromatic carbocycles. The second kappa shape index (κ2) is 28.1. The molecule has 24 nitrogen and oxygen atoms in total. The Labute approximate surface area is 479 Å². The zero-order valence-electron chi connectivity index (χ0n) is 46.4. The average Bonchev–Trinajstić information content (AvgIpc) is 3.59. The second-order valence-corrected chi connectivity index (χ2v) is 21.6. The number of benzene rings is 4. The molecule has 24 heteroatoms. The smallest absolute Gasteiger partial charge is 0.251 e. The number of ether oxygens (including phenoxy) is 1. The Morgan fingerprint density at radius 1 is 0.627 bits per heavy atom. The van der Waals surface area contributed by atoms with Crippen molar-refractivity contribution in [3.8, 4) is 33.8 Å². The van der Waals surface area contributed by atoms with E-state index in [1.165, 1.54) is 37.6 Å². The molecule has 0 bridgehead atoms. The number of nitrogens with one attached hydrogen (secondary N) is 5. The van der Waals surface area contributed by atoms with Gasteiger partial charge in [-0.2, -0.15) is 0 Å². The van der Waals surface area contributed by atoms with E-state index in [0.717, 1.165) is 77.5 Å². The standard InChI is InChI=1S/C59H75N7O17/c1-5-6-7-8-25-83-41-23-19-36(20-24-41)34-11-9-33(10-12-34)35-13-15-38(16-14-35)52(75)60-42-27-44(71)55(78)64-57(80)48-49(72)30(2)28-66(48)59(82)46(32(4)68)62-56(79)47(51(74)50(73)37-17-21-39(69)22-18-37)63-54(77)43-26-40(70)29-65(43)58(81)45(31(3)67)61-53(42)76/h9-24,30-32,40,42-51,55,67-74,78H,5-8,25-29H2,1-4H3,(H,60,75)(H,61,76)(H,62,79)(H,63,77)(H,64,80)/t30-,31+,32+,40+,42-,43-,44+,45?,46?,47?,48?,49-,50-,51-,55+/m0/s1. The minimum absolute atomic E-state index is 0.0104. The summed E-state index contributed by atoms with van der Waals surface area (Å²) in [5.41, 5.74) is 3.38. The third-order valence-electron chi connectivity index (χ3n) is 15.3. The number of carbonyl (C=O) groups excluding carboxylic acids is 7. The third kappa shape index (κ3) is 15.4. The molecule has 3 saturated heterocycles. The van der Waals surface area contributed by atoms with E-state index in [9.17, 15) is 79.5 Å². The van der Waals surface area contributed by atoms with Gasteiger partial charge in [0.2, 0.25) is 35.4 Å². The molecule has 0 saturated carbocycles. The summed E-state index contributed by atoms with van der Waals surface area (Å²) >= 11 is 0. The summed E-state index contributed by atoms with van der Waals surface area (Å²) in [7, 11) is 0. The molecular formula is C59H75N7O17. The van der Waals surface area contributed by atoms with Gasteiger partial charge < -0.3 is 87.1 Å². The maximum atomic E-state index is 14.5. The quantitative estimate of drug-likeness (QED) is 0.0665. The van der Waals surface area contributed by atoms with Crippen LogP contribution in [-0.4, -0.2) is 196 Å². The van der Waals surface area contributed by atoms with Crippen molar-refractivity contribution >= 4 is 41.4 Å². The molecule has 448 valence electrons. The lowest BCUT2D eigenvalue weighted by molar-refractivity contribution is -0.148. The number of aliphatic hydroxyl groups excluding tert-OH is 8. The maximum absolute atomic E-state index is 14.5. The lowest BCUT2D eigenvalue weighted by Crippen LogP contribution is -2.64. The van der Waals surface area contributed by atoms with Crippen molar-refractivity contribution in [1.29, 1.82) is 0 Å². The van der Waals surface area contributed by atoms with Crippen LogP contribution < -0.4 is 31.3 Å². The van der Waals surface area contributed by atoms with Crippen LogP contribution in [0.2, 0.25) is 0 Å². The van der Waals surface area contributed by atoms with E-state index in [0.29, 0.717) is 12.2 Å². The first-order valence-electron chi connectivity index (χ1n) is 27.8. The van der Waals surface area contributed by atoms with Gasteiger partial charge in [0.25, 0.3) is 5.91 Å². The number of rotatable bonds is 15. The predicted molar refractivity (Wildman–Crippen MR) is 298 cm³/mol. The number of aliphatic hydroxyl groups is 8. The van der Waals surface area contributed by atoms with Crippen molar-refractivity contribution in [2.75, 3.05) is 19.7 Å². The Balaban J connectivity index is 1.17. The van der Waals surface area contributed by atoms with Crippen LogP contribution in [-0.2, 0) is 28.8 Å². The van der Waals surface area contributed by atoms with Gasteiger partial charge in [-0.1, -0.05) is 93.8 Å². The fourth-order valence-corrected chi connectivity index (χ4v) is 10.4. The van der Waals surface area contributed by atoms with Crippen LogP contribution >= 0.6 is 0 Å². The number of hydrogen-bond donors (Lipinski definition) is 14. The molecule has 3 fully saturated rings. The molecule has 0 aliphatic carbocycles. The number of carbonyl (C=O) groups is 7. The summed E-state index contributed by atoms with van der Waals surface area (Å²) in [5.74, 6) is -8.67. The number of phenolic OH excluding ortho intramolecular Hbond substituents is 1. The van der Waals surface area contributed by atoms with E-state index in [1.54, 1.807) is 12.1 Å². The molecular weight excluding hydrogens is 1080 g/mol. The first-order chi connectivity index (χ1) is 39.5. The van der Waals surface area contributed by atoms with E-state index in [4.69, 9.17) is 4.74 Å². The number of amides is 7. The van der Waals surface area contributed by atoms with Gasteiger partial charge in [-0.05, 0) is 84.5 Å². The van der Waals surface area contributed by atoms with Crippen molar-refractivity contribution in [1.82, 2.24) is 36.4 Å². The highest BCUT2D eigenvalue weighted by Gasteiger charge is 2.50. The van der Waals surface area contributed by atoms with Crippen LogP contribution in [0.5, 0.6) is 11.5 Å². The highest BCUT2D eigenvalue weighted by Crippen LogP contribution is 2.30. The molecule has 7 amide bonds. The van der Waals surface area contributed by atoms with Gasteiger partial charge in [0, 0.05) is 37.4 Å². The number of hydrogen-bond acceptors (Lipinski definition) is 17. The number of fused-ring (bicyclic) bond motifs is 2. The average molecular weight is 1150 g/mol. The largest absolute Gasteiger partial charge is 0.508 e. The highest BCUT2D eigenvalue weighted by atomic mass is 16.5. The van der Waals surface area contributed by atoms with Gasteiger partial charge in [0.1, 0.15) is 66.1 Å². The minimum atomic E-state index is -2.29.